The Hall–Kier alpha value is -2.81. The van der Waals surface area contributed by atoms with Gasteiger partial charge in [-0.25, -0.2) is 0 Å². The normalized spacial score (nSPS) is 12.7. The second-order valence-corrected chi connectivity index (χ2v) is 6.32. The highest BCUT2D eigenvalue weighted by Gasteiger charge is 2.17. The summed E-state index contributed by atoms with van der Waals surface area (Å²) in [4.78, 5) is 12.5. The van der Waals surface area contributed by atoms with Crippen LogP contribution < -0.4 is 26.9 Å². The van der Waals surface area contributed by atoms with Gasteiger partial charge in [-0.15, -0.1) is 0 Å². The maximum atomic E-state index is 12.5. The van der Waals surface area contributed by atoms with E-state index in [1.54, 1.807) is 0 Å². The highest BCUT2D eigenvalue weighted by Crippen LogP contribution is 2.13. The molecule has 0 aliphatic carbocycles. The first-order valence-corrected chi connectivity index (χ1v) is 9.56. The molecule has 0 fully saturated rings. The van der Waals surface area contributed by atoms with Gasteiger partial charge in [-0.2, -0.15) is 5.10 Å². The number of nitrogens with one attached hydrogen (secondary N) is 2. The Morgan fingerprint density at radius 1 is 1.29 bits per heavy atom. The fraction of sp³-hybridized carbons (Fsp3) is 0.526. The Bertz CT molecular complexity index is 619. The van der Waals surface area contributed by atoms with Gasteiger partial charge in [0.15, 0.2) is 0 Å². The number of hydrogen-bond acceptors (Lipinski definition) is 7. The van der Waals surface area contributed by atoms with E-state index in [0.717, 1.165) is 37.0 Å². The van der Waals surface area contributed by atoms with Crippen molar-refractivity contribution < 1.29 is 14.7 Å². The van der Waals surface area contributed by atoms with Gasteiger partial charge in [-0.3, -0.25) is 4.79 Å². The number of amides is 1. The first-order chi connectivity index (χ1) is 13.6. The largest absolute Gasteiger partial charge is 0.494 e. The lowest BCUT2D eigenvalue weighted by Crippen LogP contribution is -2.47. The topological polar surface area (TPSA) is 147 Å². The fourth-order valence-corrected chi connectivity index (χ4v) is 2.50. The zero-order valence-corrected chi connectivity index (χ0v) is 16.4. The van der Waals surface area contributed by atoms with E-state index in [0.29, 0.717) is 19.6 Å². The summed E-state index contributed by atoms with van der Waals surface area (Å²) in [7, 11) is 0. The molecule has 0 heterocycles. The first kappa shape index (κ1) is 23.2. The van der Waals surface area contributed by atoms with Crippen LogP contribution in [0.4, 0.5) is 0 Å². The smallest absolute Gasteiger partial charge is 0.271 e. The van der Waals surface area contributed by atoms with Gasteiger partial charge < -0.3 is 32.2 Å². The van der Waals surface area contributed by atoms with Crippen molar-refractivity contribution in [2.45, 2.75) is 51.6 Å². The molecule has 9 nitrogen and oxygen atoms in total. The molecule has 28 heavy (non-hydrogen) atoms. The van der Waals surface area contributed by atoms with E-state index < -0.39 is 5.91 Å². The molecule has 1 rings (SSSR count). The predicted molar refractivity (Wildman–Crippen MR) is 110 cm³/mol. The molecule has 156 valence electrons. The number of carbonyl (C=O) groups is 1. The van der Waals surface area contributed by atoms with Crippen LogP contribution in [0.5, 0.6) is 5.75 Å². The molecule has 0 spiro atoms. The highest BCUT2D eigenvalue weighted by molar-refractivity contribution is 6.39. The van der Waals surface area contributed by atoms with E-state index in [-0.39, 0.29) is 18.3 Å². The van der Waals surface area contributed by atoms with Crippen molar-refractivity contribution in [1.82, 2.24) is 10.6 Å². The Balaban J connectivity index is 2.63. The van der Waals surface area contributed by atoms with Gasteiger partial charge in [-0.05, 0) is 43.5 Å². The lowest BCUT2D eigenvalue weighted by molar-refractivity contribution is -0.115. The minimum atomic E-state index is -0.454. The van der Waals surface area contributed by atoms with Gasteiger partial charge in [-0.1, -0.05) is 37.1 Å². The van der Waals surface area contributed by atoms with Crippen molar-refractivity contribution in [2.24, 2.45) is 21.8 Å². The third kappa shape index (κ3) is 9.22. The van der Waals surface area contributed by atoms with Crippen molar-refractivity contribution in [3.8, 4) is 5.75 Å². The minimum Gasteiger partial charge on any atom is -0.494 e. The number of nitrogens with zero attached hydrogens (tertiary/aromatic N) is 2. The number of carbonyl (C=O) groups excluding carboxylic acids is 1. The average molecular weight is 393 g/mol. The van der Waals surface area contributed by atoms with Crippen LogP contribution in [0.2, 0.25) is 0 Å². The number of hydrogen-bond donors (Lipinski definition) is 5. The molecule has 0 aliphatic rings. The molecular weight excluding hydrogens is 360 g/mol. The van der Waals surface area contributed by atoms with Crippen LogP contribution >= 0.6 is 0 Å². The third-order valence-corrected chi connectivity index (χ3v) is 4.05. The lowest BCUT2D eigenvalue weighted by Gasteiger charge is -2.19. The SMILES string of the molecule is CCCCCC(NC=NN)NC(=O)C(Cc1ccc(OCCCN)cc1)=NO. The molecule has 0 saturated carbocycles. The molecule has 0 bridgehead atoms. The number of benzene rings is 1. The van der Waals surface area contributed by atoms with Gasteiger partial charge in [0.25, 0.3) is 5.91 Å². The molecule has 1 amide bonds. The van der Waals surface area contributed by atoms with Gasteiger partial charge in [0.05, 0.1) is 12.8 Å². The molecular formula is C19H32N6O3. The van der Waals surface area contributed by atoms with Crippen molar-refractivity contribution in [1.29, 1.82) is 0 Å². The number of ether oxygens (including phenoxy) is 1. The van der Waals surface area contributed by atoms with Crippen molar-refractivity contribution >= 4 is 18.0 Å². The lowest BCUT2D eigenvalue weighted by atomic mass is 10.1. The van der Waals surface area contributed by atoms with Crippen LogP contribution in [0.3, 0.4) is 0 Å². The molecule has 9 heteroatoms. The second kappa shape index (κ2) is 14.3. The quantitative estimate of drug-likeness (QED) is 0.0613. The number of nitrogens with two attached hydrogens (primary N) is 2. The average Bonchev–Trinajstić information content (AvgIpc) is 2.71. The van der Waals surface area contributed by atoms with Crippen LogP contribution in [-0.2, 0) is 11.2 Å². The summed E-state index contributed by atoms with van der Waals surface area (Å²) in [6, 6.07) is 7.28. The molecule has 7 N–H and O–H groups in total. The number of hydrazone groups is 1. The second-order valence-electron chi connectivity index (χ2n) is 6.32. The van der Waals surface area contributed by atoms with Crippen molar-refractivity contribution in [3.63, 3.8) is 0 Å². The van der Waals surface area contributed by atoms with E-state index in [1.807, 2.05) is 24.3 Å². The molecule has 1 aromatic rings. The van der Waals surface area contributed by atoms with Gasteiger partial charge in [0.2, 0.25) is 0 Å². The Morgan fingerprint density at radius 3 is 2.64 bits per heavy atom. The minimum absolute atomic E-state index is 0.0174. The summed E-state index contributed by atoms with van der Waals surface area (Å²) in [5.74, 6) is 5.39. The summed E-state index contributed by atoms with van der Waals surface area (Å²) in [5, 5.41) is 21.6. The molecule has 0 aromatic heterocycles. The molecule has 0 aliphatic heterocycles. The van der Waals surface area contributed by atoms with Gasteiger partial charge in [0, 0.05) is 6.42 Å². The Labute approximate surface area is 166 Å². The summed E-state index contributed by atoms with van der Waals surface area (Å²) >= 11 is 0. The standard InChI is InChI=1S/C19H32N6O3/c1-2-3-4-6-18(22-14-23-21)24-19(26)17(25-27)13-15-7-9-16(10-8-15)28-12-5-11-20/h7-10,14,18,27H,2-6,11-13,20-21H2,1H3,(H,22,23)(H,24,26). The summed E-state index contributed by atoms with van der Waals surface area (Å²) in [6.07, 6.45) is 5.72. The number of oxime groups is 1. The third-order valence-electron chi connectivity index (χ3n) is 4.05. The fourth-order valence-electron chi connectivity index (χ4n) is 2.50. The summed E-state index contributed by atoms with van der Waals surface area (Å²) in [5.41, 5.74) is 6.28. The summed E-state index contributed by atoms with van der Waals surface area (Å²) < 4.78 is 5.55. The summed E-state index contributed by atoms with van der Waals surface area (Å²) in [6.45, 7) is 3.24. The zero-order valence-electron chi connectivity index (χ0n) is 16.4. The maximum absolute atomic E-state index is 12.5. The number of unbranched alkanes of at least 4 members (excludes halogenated alkanes) is 2. The Morgan fingerprint density at radius 2 is 2.04 bits per heavy atom. The number of rotatable bonds is 14. The molecule has 0 saturated heterocycles. The van der Waals surface area contributed by atoms with Crippen molar-refractivity contribution in [2.75, 3.05) is 13.2 Å². The zero-order chi connectivity index (χ0) is 20.6. The van der Waals surface area contributed by atoms with Crippen LogP contribution in [0, 0.1) is 0 Å². The van der Waals surface area contributed by atoms with Gasteiger partial charge in [0.1, 0.15) is 17.8 Å². The monoisotopic (exact) mass is 392 g/mol. The first-order valence-electron chi connectivity index (χ1n) is 9.56. The van der Waals surface area contributed by atoms with Crippen LogP contribution in [0.1, 0.15) is 44.6 Å². The maximum Gasteiger partial charge on any atom is 0.271 e. The Kier molecular flexibility index (Phi) is 11.8. The molecule has 1 atom stereocenters. The highest BCUT2D eigenvalue weighted by atomic mass is 16.5. The molecule has 0 radical (unpaired) electrons. The molecule has 1 unspecified atom stereocenters. The van der Waals surface area contributed by atoms with Crippen molar-refractivity contribution in [3.05, 3.63) is 29.8 Å². The van der Waals surface area contributed by atoms with E-state index in [1.165, 1.54) is 6.34 Å². The van der Waals surface area contributed by atoms with Crippen LogP contribution in [0.15, 0.2) is 34.5 Å². The van der Waals surface area contributed by atoms with Gasteiger partial charge >= 0.3 is 0 Å². The van der Waals surface area contributed by atoms with E-state index in [9.17, 15) is 10.0 Å². The van der Waals surface area contributed by atoms with E-state index in [4.69, 9.17) is 16.3 Å². The van der Waals surface area contributed by atoms with E-state index >= 15 is 0 Å². The van der Waals surface area contributed by atoms with Crippen LogP contribution in [0.25, 0.3) is 0 Å². The predicted octanol–water partition coefficient (Wildman–Crippen LogP) is 1.30. The van der Waals surface area contributed by atoms with Crippen LogP contribution in [-0.4, -0.2) is 42.5 Å². The van der Waals surface area contributed by atoms with E-state index in [2.05, 4.69) is 27.8 Å². The molecule has 1 aromatic carbocycles.